The maximum Gasteiger partial charge on any atom is 0.224 e. The molecule has 1 amide bonds. The van der Waals surface area contributed by atoms with E-state index in [1.165, 1.54) is 18.4 Å². The van der Waals surface area contributed by atoms with Crippen molar-refractivity contribution in [2.75, 3.05) is 13.1 Å². The number of amides is 1. The molecule has 1 aliphatic heterocycles. The number of nitrogens with zero attached hydrogens (tertiary/aromatic N) is 1. The topological polar surface area (TPSA) is 46.3 Å². The van der Waals surface area contributed by atoms with Crippen molar-refractivity contribution in [3.8, 4) is 0 Å². The molecule has 1 atom stereocenters. The van der Waals surface area contributed by atoms with Crippen LogP contribution in [0.3, 0.4) is 0 Å². The molecule has 1 aromatic rings. The SMILES string of the molecule is NCCC(=O)N1CCCCCC1c1ccccc1. The molecule has 2 rings (SSSR count). The van der Waals surface area contributed by atoms with Crippen LogP contribution < -0.4 is 5.73 Å². The lowest BCUT2D eigenvalue weighted by Gasteiger charge is -2.30. The molecule has 18 heavy (non-hydrogen) atoms. The van der Waals surface area contributed by atoms with Gasteiger partial charge in [0.1, 0.15) is 0 Å². The summed E-state index contributed by atoms with van der Waals surface area (Å²) in [6.45, 7) is 1.31. The van der Waals surface area contributed by atoms with Gasteiger partial charge in [0.15, 0.2) is 0 Å². The highest BCUT2D eigenvalue weighted by Crippen LogP contribution is 2.30. The third-order valence-electron chi connectivity index (χ3n) is 3.62. The first kappa shape index (κ1) is 13.1. The van der Waals surface area contributed by atoms with Gasteiger partial charge in [-0.05, 0) is 18.4 Å². The Morgan fingerprint density at radius 1 is 1.22 bits per heavy atom. The second-order valence-electron chi connectivity index (χ2n) is 4.90. The zero-order valence-corrected chi connectivity index (χ0v) is 10.8. The van der Waals surface area contributed by atoms with Gasteiger partial charge in [0.05, 0.1) is 6.04 Å². The van der Waals surface area contributed by atoms with E-state index < -0.39 is 0 Å². The second kappa shape index (κ2) is 6.55. The average molecular weight is 246 g/mol. The molecule has 98 valence electrons. The van der Waals surface area contributed by atoms with E-state index in [2.05, 4.69) is 12.1 Å². The molecule has 0 spiro atoms. The summed E-state index contributed by atoms with van der Waals surface area (Å²) in [5.41, 5.74) is 6.77. The van der Waals surface area contributed by atoms with E-state index in [-0.39, 0.29) is 11.9 Å². The van der Waals surface area contributed by atoms with Crippen LogP contribution in [0.5, 0.6) is 0 Å². The molecule has 1 fully saturated rings. The van der Waals surface area contributed by atoms with Crippen molar-refractivity contribution >= 4 is 5.91 Å². The van der Waals surface area contributed by atoms with Gasteiger partial charge in [-0.1, -0.05) is 43.2 Å². The van der Waals surface area contributed by atoms with Crippen LogP contribution in [0.15, 0.2) is 30.3 Å². The second-order valence-corrected chi connectivity index (χ2v) is 4.90. The maximum atomic E-state index is 12.2. The largest absolute Gasteiger partial charge is 0.336 e. The summed E-state index contributed by atoms with van der Waals surface area (Å²) in [7, 11) is 0. The molecule has 1 saturated heterocycles. The molecule has 1 aliphatic rings. The van der Waals surface area contributed by atoms with Gasteiger partial charge in [-0.25, -0.2) is 0 Å². The van der Waals surface area contributed by atoms with Crippen molar-refractivity contribution in [1.82, 2.24) is 4.90 Å². The van der Waals surface area contributed by atoms with Crippen molar-refractivity contribution < 1.29 is 4.79 Å². The maximum absolute atomic E-state index is 12.2. The molecule has 3 nitrogen and oxygen atoms in total. The predicted molar refractivity (Wildman–Crippen MR) is 73.0 cm³/mol. The predicted octanol–water partition coefficient (Wildman–Crippen LogP) is 2.48. The molecule has 3 heteroatoms. The Balaban J connectivity index is 2.19. The van der Waals surface area contributed by atoms with Crippen LogP contribution in [0.25, 0.3) is 0 Å². The number of carbonyl (C=O) groups excluding carboxylic acids is 1. The summed E-state index contributed by atoms with van der Waals surface area (Å²) >= 11 is 0. The number of hydrogen-bond acceptors (Lipinski definition) is 2. The van der Waals surface area contributed by atoms with Crippen LogP contribution in [0, 0.1) is 0 Å². The molecule has 0 saturated carbocycles. The van der Waals surface area contributed by atoms with E-state index in [9.17, 15) is 4.79 Å². The molecule has 0 aliphatic carbocycles. The molecule has 1 aromatic carbocycles. The van der Waals surface area contributed by atoms with Gasteiger partial charge in [0.25, 0.3) is 0 Å². The van der Waals surface area contributed by atoms with Crippen molar-refractivity contribution in [3.05, 3.63) is 35.9 Å². The highest BCUT2D eigenvalue weighted by molar-refractivity contribution is 5.77. The lowest BCUT2D eigenvalue weighted by atomic mass is 10.0. The Labute approximate surface area is 109 Å². The fraction of sp³-hybridized carbons (Fsp3) is 0.533. The molecule has 0 bridgehead atoms. The Kier molecular flexibility index (Phi) is 4.76. The molecule has 1 heterocycles. The van der Waals surface area contributed by atoms with Gasteiger partial charge in [0.2, 0.25) is 5.91 Å². The summed E-state index contributed by atoms with van der Waals surface area (Å²) in [6, 6.07) is 10.6. The first-order valence-electron chi connectivity index (χ1n) is 6.87. The number of carbonyl (C=O) groups is 1. The summed E-state index contributed by atoms with van der Waals surface area (Å²) in [5.74, 6) is 0.202. The van der Waals surface area contributed by atoms with E-state index in [0.717, 1.165) is 19.4 Å². The Bertz CT molecular complexity index is 377. The first-order chi connectivity index (χ1) is 8.83. The van der Waals surface area contributed by atoms with Crippen molar-refractivity contribution in [2.24, 2.45) is 5.73 Å². The number of benzene rings is 1. The molecule has 1 unspecified atom stereocenters. The fourth-order valence-corrected chi connectivity index (χ4v) is 2.70. The van der Waals surface area contributed by atoms with Crippen LogP contribution >= 0.6 is 0 Å². The Morgan fingerprint density at radius 2 is 2.00 bits per heavy atom. The van der Waals surface area contributed by atoms with Gasteiger partial charge in [-0.2, -0.15) is 0 Å². The van der Waals surface area contributed by atoms with E-state index in [4.69, 9.17) is 5.73 Å². The van der Waals surface area contributed by atoms with Crippen LogP contribution in [0.4, 0.5) is 0 Å². The number of likely N-dealkylation sites (tertiary alicyclic amines) is 1. The number of nitrogens with two attached hydrogens (primary N) is 1. The Morgan fingerprint density at radius 3 is 2.72 bits per heavy atom. The summed E-state index contributed by atoms with van der Waals surface area (Å²) < 4.78 is 0. The lowest BCUT2D eigenvalue weighted by molar-refractivity contribution is -0.133. The normalized spacial score (nSPS) is 20.5. The minimum Gasteiger partial charge on any atom is -0.336 e. The zero-order chi connectivity index (χ0) is 12.8. The third-order valence-corrected chi connectivity index (χ3v) is 3.62. The number of hydrogen-bond donors (Lipinski definition) is 1. The first-order valence-corrected chi connectivity index (χ1v) is 6.87. The minimum absolute atomic E-state index is 0.202. The van der Waals surface area contributed by atoms with E-state index in [1.54, 1.807) is 0 Å². The summed E-state index contributed by atoms with van der Waals surface area (Å²) in [4.78, 5) is 14.2. The summed E-state index contributed by atoms with van der Waals surface area (Å²) in [6.07, 6.45) is 5.06. The van der Waals surface area contributed by atoms with Crippen LogP contribution in [-0.4, -0.2) is 23.9 Å². The van der Waals surface area contributed by atoms with Crippen molar-refractivity contribution in [3.63, 3.8) is 0 Å². The molecule has 0 radical (unpaired) electrons. The molecule has 0 aromatic heterocycles. The van der Waals surface area contributed by atoms with Crippen LogP contribution in [0.1, 0.15) is 43.7 Å². The minimum atomic E-state index is 0.202. The third kappa shape index (κ3) is 3.10. The quantitative estimate of drug-likeness (QED) is 0.890. The highest BCUT2D eigenvalue weighted by Gasteiger charge is 2.25. The van der Waals surface area contributed by atoms with Crippen LogP contribution in [0.2, 0.25) is 0 Å². The smallest absolute Gasteiger partial charge is 0.224 e. The van der Waals surface area contributed by atoms with Crippen molar-refractivity contribution in [1.29, 1.82) is 0 Å². The standard InChI is InChI=1S/C15H22N2O/c16-11-10-15(18)17-12-6-2-5-9-14(17)13-7-3-1-4-8-13/h1,3-4,7-8,14H,2,5-6,9-12,16H2. The monoisotopic (exact) mass is 246 g/mol. The highest BCUT2D eigenvalue weighted by atomic mass is 16.2. The lowest BCUT2D eigenvalue weighted by Crippen LogP contribution is -2.35. The average Bonchev–Trinajstić information content (AvgIpc) is 2.65. The van der Waals surface area contributed by atoms with E-state index in [1.807, 2.05) is 23.1 Å². The van der Waals surface area contributed by atoms with Gasteiger partial charge >= 0.3 is 0 Å². The molecular formula is C15H22N2O. The fourth-order valence-electron chi connectivity index (χ4n) is 2.70. The van der Waals surface area contributed by atoms with Gasteiger partial charge in [-0.3, -0.25) is 4.79 Å². The zero-order valence-electron chi connectivity index (χ0n) is 10.8. The van der Waals surface area contributed by atoms with E-state index >= 15 is 0 Å². The van der Waals surface area contributed by atoms with E-state index in [0.29, 0.717) is 13.0 Å². The van der Waals surface area contributed by atoms with Crippen LogP contribution in [-0.2, 0) is 4.79 Å². The van der Waals surface area contributed by atoms with Gasteiger partial charge in [0, 0.05) is 19.5 Å². The van der Waals surface area contributed by atoms with Crippen molar-refractivity contribution in [2.45, 2.75) is 38.1 Å². The Hall–Kier alpha value is -1.35. The van der Waals surface area contributed by atoms with Gasteiger partial charge in [-0.15, -0.1) is 0 Å². The molecule has 2 N–H and O–H groups in total. The number of rotatable bonds is 3. The summed E-state index contributed by atoms with van der Waals surface area (Å²) in [5, 5.41) is 0. The van der Waals surface area contributed by atoms with Gasteiger partial charge < -0.3 is 10.6 Å². The molecular weight excluding hydrogens is 224 g/mol.